The number of ether oxygens (including phenoxy) is 1. The van der Waals surface area contributed by atoms with Crippen LogP contribution in [0.2, 0.25) is 0 Å². The van der Waals surface area contributed by atoms with Gasteiger partial charge in [-0.2, -0.15) is 0 Å². The Morgan fingerprint density at radius 2 is 1.68 bits per heavy atom. The van der Waals surface area contributed by atoms with E-state index in [2.05, 4.69) is 15.6 Å². The predicted molar refractivity (Wildman–Crippen MR) is 130 cm³/mol. The van der Waals surface area contributed by atoms with Gasteiger partial charge in [0.1, 0.15) is 12.3 Å². The molecule has 4 aromatic rings. The molecule has 0 fully saturated rings. The normalized spacial score (nSPS) is 12.7. The number of hydrogen-bond donors (Lipinski definition) is 3. The summed E-state index contributed by atoms with van der Waals surface area (Å²) in [6, 6.07) is 21.9. The number of hydrogen-bond acceptors (Lipinski definition) is 4. The fraction of sp³-hybridized carbons (Fsp3) is 0.115. The number of para-hydroxylation sites is 2. The number of aromatic amines is 1. The first-order chi connectivity index (χ1) is 16.6. The standard InChI is InChI=1S/C26H22N4O4/c31-24(12-17-14-27-21-9-5-4-8-20(17)21)29-19-10-11-23-22(13-19)30(26(33)16-34-23)15-25(32)28-18-6-2-1-3-7-18/h1-11,13-14,27H,12,15-16H2,(H,28,32)(H,29,31). The van der Waals surface area contributed by atoms with Crippen molar-refractivity contribution in [3.8, 4) is 5.75 Å². The lowest BCUT2D eigenvalue weighted by Crippen LogP contribution is -2.43. The molecule has 1 aromatic heterocycles. The lowest BCUT2D eigenvalue weighted by atomic mass is 10.1. The highest BCUT2D eigenvalue weighted by molar-refractivity contribution is 6.06. The molecule has 3 N–H and O–H groups in total. The summed E-state index contributed by atoms with van der Waals surface area (Å²) in [4.78, 5) is 42.4. The van der Waals surface area contributed by atoms with E-state index in [-0.39, 0.29) is 37.3 Å². The maximum absolute atomic E-state index is 12.7. The molecule has 1 aliphatic heterocycles. The van der Waals surface area contributed by atoms with Crippen LogP contribution in [-0.2, 0) is 20.8 Å². The zero-order valence-electron chi connectivity index (χ0n) is 18.2. The number of aromatic nitrogens is 1. The van der Waals surface area contributed by atoms with Gasteiger partial charge in [-0.25, -0.2) is 0 Å². The van der Waals surface area contributed by atoms with Gasteiger partial charge < -0.3 is 20.4 Å². The maximum atomic E-state index is 12.7. The Balaban J connectivity index is 1.31. The van der Waals surface area contributed by atoms with Gasteiger partial charge in [0, 0.05) is 28.5 Å². The summed E-state index contributed by atoms with van der Waals surface area (Å²) in [6.45, 7) is -0.325. The Morgan fingerprint density at radius 3 is 2.53 bits per heavy atom. The smallest absolute Gasteiger partial charge is 0.265 e. The number of fused-ring (bicyclic) bond motifs is 2. The quantitative estimate of drug-likeness (QED) is 0.413. The zero-order chi connectivity index (χ0) is 23.5. The lowest BCUT2D eigenvalue weighted by Gasteiger charge is -2.29. The summed E-state index contributed by atoms with van der Waals surface area (Å²) >= 11 is 0. The highest BCUT2D eigenvalue weighted by Gasteiger charge is 2.28. The molecule has 170 valence electrons. The van der Waals surface area contributed by atoms with Gasteiger partial charge in [-0.1, -0.05) is 36.4 Å². The lowest BCUT2D eigenvalue weighted by molar-refractivity contribution is -0.123. The molecule has 3 amide bonds. The molecule has 8 nitrogen and oxygen atoms in total. The number of rotatable bonds is 6. The summed E-state index contributed by atoms with van der Waals surface area (Å²) in [7, 11) is 0. The first-order valence-corrected chi connectivity index (χ1v) is 10.8. The molecule has 0 saturated carbocycles. The second-order valence-electron chi connectivity index (χ2n) is 7.95. The van der Waals surface area contributed by atoms with Crippen molar-refractivity contribution in [3.63, 3.8) is 0 Å². The molecule has 8 heteroatoms. The first kappa shape index (κ1) is 21.3. The predicted octanol–water partition coefficient (Wildman–Crippen LogP) is 3.71. The van der Waals surface area contributed by atoms with Crippen LogP contribution in [0.5, 0.6) is 5.75 Å². The molecule has 0 atom stereocenters. The minimum Gasteiger partial charge on any atom is -0.482 e. The Hall–Kier alpha value is -4.59. The molecule has 0 unspecified atom stereocenters. The summed E-state index contributed by atoms with van der Waals surface area (Å²) < 4.78 is 5.52. The van der Waals surface area contributed by atoms with Crippen LogP contribution in [-0.4, -0.2) is 35.9 Å². The van der Waals surface area contributed by atoms with Gasteiger partial charge in [-0.3, -0.25) is 19.3 Å². The molecular formula is C26H22N4O4. The van der Waals surface area contributed by atoms with Crippen LogP contribution >= 0.6 is 0 Å². The maximum Gasteiger partial charge on any atom is 0.265 e. The van der Waals surface area contributed by atoms with Crippen molar-refractivity contribution in [1.82, 2.24) is 4.98 Å². The number of nitrogens with one attached hydrogen (secondary N) is 3. The van der Waals surface area contributed by atoms with Gasteiger partial charge in [-0.05, 0) is 42.0 Å². The molecule has 0 bridgehead atoms. The summed E-state index contributed by atoms with van der Waals surface area (Å²) in [6.07, 6.45) is 2.02. The van der Waals surface area contributed by atoms with E-state index in [0.29, 0.717) is 22.8 Å². The average molecular weight is 454 g/mol. The van der Waals surface area contributed by atoms with Crippen molar-refractivity contribution < 1.29 is 19.1 Å². The Labute approximate surface area is 195 Å². The molecule has 0 radical (unpaired) electrons. The zero-order valence-corrected chi connectivity index (χ0v) is 18.2. The summed E-state index contributed by atoms with van der Waals surface area (Å²) in [5, 5.41) is 6.65. The van der Waals surface area contributed by atoms with Gasteiger partial charge in [0.05, 0.1) is 12.1 Å². The largest absolute Gasteiger partial charge is 0.482 e. The third kappa shape index (κ3) is 4.47. The van der Waals surface area contributed by atoms with Gasteiger partial charge >= 0.3 is 0 Å². The Morgan fingerprint density at radius 1 is 0.912 bits per heavy atom. The van der Waals surface area contributed by atoms with Crippen LogP contribution in [0.1, 0.15) is 5.56 Å². The van der Waals surface area contributed by atoms with Crippen LogP contribution in [0.15, 0.2) is 79.0 Å². The van der Waals surface area contributed by atoms with Gasteiger partial charge in [-0.15, -0.1) is 0 Å². The topological polar surface area (TPSA) is 104 Å². The summed E-state index contributed by atoms with van der Waals surface area (Å²) in [5.74, 6) is -0.387. The molecule has 2 heterocycles. The number of carbonyl (C=O) groups is 3. The van der Waals surface area contributed by atoms with Crippen molar-refractivity contribution in [1.29, 1.82) is 0 Å². The van der Waals surface area contributed by atoms with Crippen molar-refractivity contribution >= 4 is 45.7 Å². The van der Waals surface area contributed by atoms with E-state index in [0.717, 1.165) is 16.5 Å². The number of amides is 3. The van der Waals surface area contributed by atoms with E-state index < -0.39 is 0 Å². The van der Waals surface area contributed by atoms with E-state index in [1.807, 2.05) is 48.7 Å². The monoisotopic (exact) mass is 454 g/mol. The molecule has 0 spiro atoms. The van der Waals surface area contributed by atoms with Crippen LogP contribution < -0.4 is 20.3 Å². The average Bonchev–Trinajstić information content (AvgIpc) is 3.24. The highest BCUT2D eigenvalue weighted by Crippen LogP contribution is 2.34. The van der Waals surface area contributed by atoms with Crippen LogP contribution in [0, 0.1) is 0 Å². The fourth-order valence-corrected chi connectivity index (χ4v) is 3.97. The highest BCUT2D eigenvalue weighted by atomic mass is 16.5. The molecular weight excluding hydrogens is 432 g/mol. The van der Waals surface area contributed by atoms with Crippen molar-refractivity contribution in [3.05, 3.63) is 84.6 Å². The van der Waals surface area contributed by atoms with E-state index >= 15 is 0 Å². The third-order valence-electron chi connectivity index (χ3n) is 5.57. The van der Waals surface area contributed by atoms with Gasteiger partial charge in [0.25, 0.3) is 5.91 Å². The van der Waals surface area contributed by atoms with Gasteiger partial charge in [0.15, 0.2) is 6.61 Å². The molecule has 5 rings (SSSR count). The van der Waals surface area contributed by atoms with E-state index in [9.17, 15) is 14.4 Å². The molecule has 34 heavy (non-hydrogen) atoms. The first-order valence-electron chi connectivity index (χ1n) is 10.8. The molecule has 0 saturated heterocycles. The molecule has 1 aliphatic rings. The minimum absolute atomic E-state index is 0.155. The number of anilines is 3. The van der Waals surface area contributed by atoms with Gasteiger partial charge in [0.2, 0.25) is 11.8 Å². The number of benzene rings is 3. The summed E-state index contributed by atoms with van der Waals surface area (Å²) in [5.41, 5.74) is 3.45. The SMILES string of the molecule is O=C(Cc1c[nH]c2ccccc12)Nc1ccc2c(c1)N(CC(=O)Nc1ccccc1)C(=O)CO2. The number of carbonyl (C=O) groups excluding carboxylic acids is 3. The number of H-pyrrole nitrogens is 1. The molecule has 0 aliphatic carbocycles. The van der Waals surface area contributed by atoms with E-state index in [4.69, 9.17) is 4.74 Å². The fourth-order valence-electron chi connectivity index (χ4n) is 3.97. The van der Waals surface area contributed by atoms with Crippen LogP contribution in [0.3, 0.4) is 0 Å². The molecule has 3 aromatic carbocycles. The Kier molecular flexibility index (Phi) is 5.70. The third-order valence-corrected chi connectivity index (χ3v) is 5.57. The van der Waals surface area contributed by atoms with E-state index in [1.165, 1.54) is 4.90 Å². The Bertz CT molecular complexity index is 1380. The van der Waals surface area contributed by atoms with Crippen LogP contribution in [0.25, 0.3) is 10.9 Å². The second-order valence-corrected chi connectivity index (χ2v) is 7.95. The van der Waals surface area contributed by atoms with Crippen LogP contribution in [0.4, 0.5) is 17.1 Å². The second kappa shape index (κ2) is 9.11. The van der Waals surface area contributed by atoms with Crippen molar-refractivity contribution in [2.75, 3.05) is 28.7 Å². The van der Waals surface area contributed by atoms with Crippen molar-refractivity contribution in [2.24, 2.45) is 0 Å². The van der Waals surface area contributed by atoms with Crippen molar-refractivity contribution in [2.45, 2.75) is 6.42 Å². The minimum atomic E-state index is -0.335. The number of nitrogens with zero attached hydrogens (tertiary/aromatic N) is 1. The van der Waals surface area contributed by atoms with E-state index in [1.54, 1.807) is 30.3 Å².